The Balaban J connectivity index is 2.34. The predicted octanol–water partition coefficient (Wildman–Crippen LogP) is 4.47. The van der Waals surface area contributed by atoms with Crippen molar-refractivity contribution in [3.63, 3.8) is 0 Å². The van der Waals surface area contributed by atoms with Crippen molar-refractivity contribution in [1.82, 2.24) is 4.98 Å². The largest absolute Gasteiger partial charge is 0.244 e. The molecule has 0 spiro atoms. The van der Waals surface area contributed by atoms with Gasteiger partial charge in [-0.1, -0.05) is 44.0 Å². The normalized spacial score (nSPS) is 10.4. The molecule has 1 heterocycles. The van der Waals surface area contributed by atoms with E-state index in [9.17, 15) is 0 Å². The summed E-state index contributed by atoms with van der Waals surface area (Å²) in [5.74, 6) is 0. The number of halogens is 2. The number of alkyl halides is 1. The fourth-order valence-corrected chi connectivity index (χ4v) is 2.62. The molecule has 0 bridgehead atoms. The van der Waals surface area contributed by atoms with Crippen LogP contribution in [0.15, 0.2) is 34.9 Å². The van der Waals surface area contributed by atoms with Crippen LogP contribution < -0.4 is 0 Å². The minimum absolute atomic E-state index is 0.876. The maximum atomic E-state index is 4.36. The number of aromatic nitrogens is 1. The van der Waals surface area contributed by atoms with Gasteiger partial charge in [0.25, 0.3) is 0 Å². The molecule has 2 rings (SSSR count). The van der Waals surface area contributed by atoms with E-state index in [-0.39, 0.29) is 0 Å². The lowest BCUT2D eigenvalue weighted by Gasteiger charge is -1.95. The van der Waals surface area contributed by atoms with Crippen LogP contribution in [0, 0.1) is 0 Å². The van der Waals surface area contributed by atoms with Crippen LogP contribution in [0.25, 0.3) is 10.6 Å². The second-order valence-electron chi connectivity index (χ2n) is 2.77. The molecular formula is C10H7Br2NS. The van der Waals surface area contributed by atoms with Crippen molar-refractivity contribution in [1.29, 1.82) is 0 Å². The van der Waals surface area contributed by atoms with Gasteiger partial charge in [0.2, 0.25) is 0 Å². The van der Waals surface area contributed by atoms with E-state index in [0.29, 0.717) is 0 Å². The van der Waals surface area contributed by atoms with Gasteiger partial charge in [-0.25, -0.2) is 4.98 Å². The summed E-state index contributed by atoms with van der Waals surface area (Å²) in [7, 11) is 0. The molecule has 1 nitrogen and oxygen atoms in total. The number of benzene rings is 1. The molecule has 0 radical (unpaired) electrons. The highest BCUT2D eigenvalue weighted by Crippen LogP contribution is 2.27. The Labute approximate surface area is 103 Å². The summed E-state index contributed by atoms with van der Waals surface area (Å²) in [6.07, 6.45) is 1.91. The Hall–Kier alpha value is -0.190. The van der Waals surface area contributed by atoms with Crippen LogP contribution in [-0.4, -0.2) is 4.98 Å². The van der Waals surface area contributed by atoms with Crippen LogP contribution >= 0.6 is 43.2 Å². The van der Waals surface area contributed by atoms with Crippen molar-refractivity contribution >= 4 is 43.2 Å². The molecule has 0 unspecified atom stereocenters. The van der Waals surface area contributed by atoms with Crippen molar-refractivity contribution < 1.29 is 0 Å². The van der Waals surface area contributed by atoms with Gasteiger partial charge in [-0.05, 0) is 12.1 Å². The Kier molecular flexibility index (Phi) is 3.36. The summed E-state index contributed by atoms with van der Waals surface area (Å²) in [5, 5.41) is 1.95. The molecule has 14 heavy (non-hydrogen) atoms. The fourth-order valence-electron chi connectivity index (χ4n) is 1.10. The summed E-state index contributed by atoms with van der Waals surface area (Å²) in [6.45, 7) is 0. The molecular weight excluding hydrogens is 326 g/mol. The highest BCUT2D eigenvalue weighted by Gasteiger charge is 2.03. The van der Waals surface area contributed by atoms with Gasteiger partial charge < -0.3 is 0 Å². The van der Waals surface area contributed by atoms with Crippen LogP contribution in [0.1, 0.15) is 4.88 Å². The van der Waals surface area contributed by atoms with E-state index in [2.05, 4.69) is 49.0 Å². The maximum Gasteiger partial charge on any atom is 0.123 e. The topological polar surface area (TPSA) is 12.9 Å². The molecule has 0 fully saturated rings. The van der Waals surface area contributed by atoms with E-state index in [1.54, 1.807) is 11.3 Å². The maximum absolute atomic E-state index is 4.36. The van der Waals surface area contributed by atoms with Crippen molar-refractivity contribution in [2.24, 2.45) is 0 Å². The first-order chi connectivity index (χ1) is 6.79. The van der Waals surface area contributed by atoms with Crippen LogP contribution in [0.4, 0.5) is 0 Å². The molecule has 0 saturated carbocycles. The first-order valence-electron chi connectivity index (χ1n) is 4.06. The van der Waals surface area contributed by atoms with Gasteiger partial charge in [0.05, 0.1) is 0 Å². The van der Waals surface area contributed by atoms with Gasteiger partial charge in [-0.2, -0.15) is 0 Å². The second kappa shape index (κ2) is 4.55. The first kappa shape index (κ1) is 10.3. The summed E-state index contributed by atoms with van der Waals surface area (Å²) in [4.78, 5) is 5.61. The number of nitrogens with zero attached hydrogens (tertiary/aromatic N) is 1. The Morgan fingerprint density at radius 1 is 1.21 bits per heavy atom. The minimum Gasteiger partial charge on any atom is -0.244 e. The van der Waals surface area contributed by atoms with Gasteiger partial charge >= 0.3 is 0 Å². The number of hydrogen-bond donors (Lipinski definition) is 0. The second-order valence-corrected chi connectivity index (χ2v) is 5.36. The highest BCUT2D eigenvalue weighted by atomic mass is 79.9. The average Bonchev–Trinajstić information content (AvgIpc) is 2.67. The number of thiazole rings is 1. The lowest BCUT2D eigenvalue weighted by Crippen LogP contribution is -1.73. The molecule has 0 atom stereocenters. The van der Waals surface area contributed by atoms with Gasteiger partial charge in [0.15, 0.2) is 0 Å². The van der Waals surface area contributed by atoms with Crippen LogP contribution in [0.3, 0.4) is 0 Å². The van der Waals surface area contributed by atoms with Crippen molar-refractivity contribution in [3.8, 4) is 10.6 Å². The molecule has 0 aliphatic heterocycles. The smallest absolute Gasteiger partial charge is 0.123 e. The van der Waals surface area contributed by atoms with Crippen LogP contribution in [0.5, 0.6) is 0 Å². The van der Waals surface area contributed by atoms with Crippen LogP contribution in [0.2, 0.25) is 0 Å². The molecule has 1 aromatic heterocycles. The highest BCUT2D eigenvalue weighted by molar-refractivity contribution is 9.10. The zero-order valence-electron chi connectivity index (χ0n) is 7.21. The SMILES string of the molecule is BrCc1cnc(-c2ccc(Br)cc2)s1. The molecule has 0 N–H and O–H groups in total. The van der Waals surface area contributed by atoms with Crippen molar-refractivity contribution in [3.05, 3.63) is 39.8 Å². The van der Waals surface area contributed by atoms with Gasteiger partial charge in [-0.15, -0.1) is 11.3 Å². The lowest BCUT2D eigenvalue weighted by atomic mass is 10.2. The molecule has 4 heteroatoms. The Bertz CT molecular complexity index is 422. The lowest BCUT2D eigenvalue weighted by molar-refractivity contribution is 1.37. The number of hydrogen-bond acceptors (Lipinski definition) is 2. The fraction of sp³-hybridized carbons (Fsp3) is 0.100. The van der Waals surface area contributed by atoms with E-state index in [0.717, 1.165) is 14.8 Å². The van der Waals surface area contributed by atoms with Gasteiger partial charge in [-0.3, -0.25) is 0 Å². The van der Waals surface area contributed by atoms with Crippen molar-refractivity contribution in [2.75, 3.05) is 0 Å². The van der Waals surface area contributed by atoms with E-state index < -0.39 is 0 Å². The summed E-state index contributed by atoms with van der Waals surface area (Å²) >= 11 is 8.55. The van der Waals surface area contributed by atoms with Gasteiger partial charge in [0, 0.05) is 26.4 Å². The quantitative estimate of drug-likeness (QED) is 0.739. The number of rotatable bonds is 2. The molecule has 0 saturated heterocycles. The predicted molar refractivity (Wildman–Crippen MR) is 67.9 cm³/mol. The summed E-state index contributed by atoms with van der Waals surface area (Å²) in [5.41, 5.74) is 1.17. The third-order valence-corrected chi connectivity index (χ3v) is 4.33. The van der Waals surface area contributed by atoms with Crippen molar-refractivity contribution in [2.45, 2.75) is 5.33 Å². The molecule has 0 aliphatic carbocycles. The van der Waals surface area contributed by atoms with E-state index in [1.165, 1.54) is 10.4 Å². The average molecular weight is 333 g/mol. The Morgan fingerprint density at radius 2 is 1.93 bits per heavy atom. The van der Waals surface area contributed by atoms with Crippen LogP contribution in [-0.2, 0) is 5.33 Å². The monoisotopic (exact) mass is 331 g/mol. The standard InChI is InChI=1S/C10H7Br2NS/c11-5-9-6-13-10(14-9)7-1-3-8(12)4-2-7/h1-4,6H,5H2. The molecule has 0 amide bonds. The molecule has 0 aliphatic rings. The van der Waals surface area contributed by atoms with E-state index in [1.807, 2.05) is 18.3 Å². The third-order valence-electron chi connectivity index (χ3n) is 1.78. The van der Waals surface area contributed by atoms with Gasteiger partial charge in [0.1, 0.15) is 5.01 Å². The first-order valence-corrected chi connectivity index (χ1v) is 6.79. The molecule has 2 aromatic rings. The zero-order valence-corrected chi connectivity index (χ0v) is 11.2. The summed E-state index contributed by atoms with van der Waals surface area (Å²) < 4.78 is 1.10. The van der Waals surface area contributed by atoms with E-state index in [4.69, 9.17) is 0 Å². The minimum atomic E-state index is 0.876. The molecule has 1 aromatic carbocycles. The molecule has 72 valence electrons. The van der Waals surface area contributed by atoms with E-state index >= 15 is 0 Å². The zero-order chi connectivity index (χ0) is 9.97. The third kappa shape index (κ3) is 2.24. The summed E-state index contributed by atoms with van der Waals surface area (Å²) in [6, 6.07) is 8.21. The Morgan fingerprint density at radius 3 is 2.50 bits per heavy atom.